The lowest BCUT2D eigenvalue weighted by molar-refractivity contribution is -0.120. The maximum Gasteiger partial charge on any atom is 0.229 e. The van der Waals surface area contributed by atoms with Crippen LogP contribution in [0.15, 0.2) is 36.5 Å². The molecule has 1 saturated heterocycles. The van der Waals surface area contributed by atoms with Crippen molar-refractivity contribution in [2.75, 3.05) is 30.3 Å². The zero-order valence-electron chi connectivity index (χ0n) is 17.4. The van der Waals surface area contributed by atoms with E-state index in [1.807, 2.05) is 18.2 Å². The van der Waals surface area contributed by atoms with Crippen LogP contribution in [0.1, 0.15) is 44.9 Å². The lowest BCUT2D eigenvalue weighted by atomic mass is 9.89. The Balaban J connectivity index is 1.45. The highest BCUT2D eigenvalue weighted by atomic mass is 35.5. The first-order chi connectivity index (χ1) is 14.7. The molecule has 1 aromatic carbocycles. The van der Waals surface area contributed by atoms with Crippen LogP contribution in [-0.2, 0) is 4.79 Å². The minimum atomic E-state index is -0.00741. The van der Waals surface area contributed by atoms with Gasteiger partial charge in [-0.15, -0.1) is 0 Å². The number of halogens is 1. The van der Waals surface area contributed by atoms with Crippen LogP contribution >= 0.6 is 11.6 Å². The first-order valence-electron chi connectivity index (χ1n) is 11.2. The molecule has 6 heteroatoms. The number of pyridine rings is 1. The van der Waals surface area contributed by atoms with Crippen molar-refractivity contribution in [1.82, 2.24) is 10.3 Å². The van der Waals surface area contributed by atoms with Crippen molar-refractivity contribution in [2.45, 2.75) is 44.9 Å². The summed E-state index contributed by atoms with van der Waals surface area (Å²) >= 11 is 6.46. The number of nitrogens with zero attached hydrogens (tertiary/aromatic N) is 1. The van der Waals surface area contributed by atoms with Gasteiger partial charge in [0.15, 0.2) is 0 Å². The molecule has 0 unspecified atom stereocenters. The molecule has 0 spiro atoms. The fourth-order valence-corrected chi connectivity index (χ4v) is 4.69. The number of piperidine rings is 1. The Bertz CT molecular complexity index is 860. The smallest absolute Gasteiger partial charge is 0.229 e. The third-order valence-electron chi connectivity index (χ3n) is 6.27. The molecule has 3 N–H and O–H groups in total. The third kappa shape index (κ3) is 5.52. The number of hydrogen-bond donors (Lipinski definition) is 3. The zero-order valence-corrected chi connectivity index (χ0v) is 18.2. The second-order valence-electron chi connectivity index (χ2n) is 8.55. The van der Waals surface area contributed by atoms with E-state index in [2.05, 4.69) is 33.1 Å². The maximum absolute atomic E-state index is 12.6. The van der Waals surface area contributed by atoms with E-state index in [-0.39, 0.29) is 11.8 Å². The summed E-state index contributed by atoms with van der Waals surface area (Å²) in [7, 11) is 0. The summed E-state index contributed by atoms with van der Waals surface area (Å²) in [5.74, 6) is 1.33. The van der Waals surface area contributed by atoms with Gasteiger partial charge in [-0.1, -0.05) is 43.0 Å². The van der Waals surface area contributed by atoms with Crippen molar-refractivity contribution in [2.24, 2.45) is 11.8 Å². The molecular weight excluding hydrogens is 396 g/mol. The van der Waals surface area contributed by atoms with E-state index in [0.717, 1.165) is 55.2 Å². The van der Waals surface area contributed by atoms with Crippen molar-refractivity contribution in [3.05, 3.63) is 41.6 Å². The number of amides is 1. The molecule has 1 aliphatic carbocycles. The van der Waals surface area contributed by atoms with Crippen LogP contribution in [0.4, 0.5) is 11.5 Å². The standard InChI is InChI=1S/C24H31ClN4O/c25-22-16-28-23(29-24(30)19-9-5-11-26-15-19)13-21(22)18-8-4-10-20(12-18)27-14-17-6-2-1-3-7-17/h4,8,10,12-13,16-17,19,26-27H,1-3,5-7,9,11,14-15H2,(H,28,29,30)/t19-/m0/s1. The predicted molar refractivity (Wildman–Crippen MR) is 124 cm³/mol. The summed E-state index contributed by atoms with van der Waals surface area (Å²) < 4.78 is 0. The highest BCUT2D eigenvalue weighted by Gasteiger charge is 2.21. The highest BCUT2D eigenvalue weighted by Crippen LogP contribution is 2.31. The Labute approximate surface area is 184 Å². The summed E-state index contributed by atoms with van der Waals surface area (Å²) in [4.78, 5) is 16.9. The number of nitrogens with one attached hydrogen (secondary N) is 3. The van der Waals surface area contributed by atoms with Crippen molar-refractivity contribution < 1.29 is 4.79 Å². The lowest BCUT2D eigenvalue weighted by Gasteiger charge is -2.22. The normalized spacial score (nSPS) is 20.0. The van der Waals surface area contributed by atoms with Gasteiger partial charge in [-0.2, -0.15) is 0 Å². The molecule has 2 aromatic rings. The van der Waals surface area contributed by atoms with Gasteiger partial charge in [-0.25, -0.2) is 4.98 Å². The summed E-state index contributed by atoms with van der Waals surface area (Å²) in [5, 5.41) is 10.4. The topological polar surface area (TPSA) is 66.0 Å². The molecule has 1 aromatic heterocycles. The number of rotatable bonds is 6. The first kappa shape index (κ1) is 21.1. The second kappa shape index (κ2) is 10.3. The average molecular weight is 427 g/mol. The monoisotopic (exact) mass is 426 g/mol. The van der Waals surface area contributed by atoms with E-state index < -0.39 is 0 Å². The molecule has 30 heavy (non-hydrogen) atoms. The fourth-order valence-electron chi connectivity index (χ4n) is 4.48. The molecule has 1 aliphatic heterocycles. The van der Waals surface area contributed by atoms with E-state index in [0.29, 0.717) is 10.8 Å². The average Bonchev–Trinajstić information content (AvgIpc) is 2.80. The van der Waals surface area contributed by atoms with Crippen molar-refractivity contribution >= 4 is 29.0 Å². The van der Waals surface area contributed by atoms with Crippen LogP contribution in [0.5, 0.6) is 0 Å². The Morgan fingerprint density at radius 3 is 2.80 bits per heavy atom. The van der Waals surface area contributed by atoms with Gasteiger partial charge >= 0.3 is 0 Å². The van der Waals surface area contributed by atoms with E-state index in [1.54, 1.807) is 6.20 Å². The molecule has 1 atom stereocenters. The van der Waals surface area contributed by atoms with Crippen LogP contribution in [0, 0.1) is 11.8 Å². The molecule has 1 amide bonds. The minimum Gasteiger partial charge on any atom is -0.385 e. The Morgan fingerprint density at radius 1 is 1.13 bits per heavy atom. The fraction of sp³-hybridized carbons (Fsp3) is 0.500. The van der Waals surface area contributed by atoms with Crippen molar-refractivity contribution in [3.8, 4) is 11.1 Å². The molecule has 160 valence electrons. The molecule has 4 rings (SSSR count). The van der Waals surface area contributed by atoms with E-state index in [1.165, 1.54) is 32.1 Å². The van der Waals surface area contributed by atoms with E-state index in [4.69, 9.17) is 11.6 Å². The van der Waals surface area contributed by atoms with Crippen LogP contribution in [0.3, 0.4) is 0 Å². The quantitative estimate of drug-likeness (QED) is 0.583. The highest BCUT2D eigenvalue weighted by molar-refractivity contribution is 6.33. The third-order valence-corrected chi connectivity index (χ3v) is 6.57. The molecular formula is C24H31ClN4O. The summed E-state index contributed by atoms with van der Waals surface area (Å²) in [6.45, 7) is 2.73. The van der Waals surface area contributed by atoms with Crippen LogP contribution in [0.2, 0.25) is 5.02 Å². The summed E-state index contributed by atoms with van der Waals surface area (Å²) in [5.41, 5.74) is 3.00. The van der Waals surface area contributed by atoms with Crippen molar-refractivity contribution in [3.63, 3.8) is 0 Å². The molecule has 2 heterocycles. The van der Waals surface area contributed by atoms with Gasteiger partial charge in [0.25, 0.3) is 0 Å². The number of aromatic nitrogens is 1. The number of anilines is 2. The number of carbonyl (C=O) groups excluding carboxylic acids is 1. The number of carbonyl (C=O) groups is 1. The van der Waals surface area contributed by atoms with Gasteiger partial charge in [-0.3, -0.25) is 4.79 Å². The minimum absolute atomic E-state index is 0.00741. The van der Waals surface area contributed by atoms with E-state index in [9.17, 15) is 4.79 Å². The van der Waals surface area contributed by atoms with Gasteiger partial charge in [0.2, 0.25) is 5.91 Å². The summed E-state index contributed by atoms with van der Waals surface area (Å²) in [6.07, 6.45) is 10.3. The Hall–Kier alpha value is -2.11. The zero-order chi connectivity index (χ0) is 20.8. The predicted octanol–water partition coefficient (Wildman–Crippen LogP) is 5.33. The molecule has 1 saturated carbocycles. The molecule has 2 fully saturated rings. The summed E-state index contributed by atoms with van der Waals surface area (Å²) in [6, 6.07) is 10.2. The van der Waals surface area contributed by atoms with Gasteiger partial charge in [0.05, 0.1) is 10.9 Å². The Kier molecular flexibility index (Phi) is 7.24. The van der Waals surface area contributed by atoms with Crippen LogP contribution in [-0.4, -0.2) is 30.5 Å². The van der Waals surface area contributed by atoms with Crippen LogP contribution in [0.25, 0.3) is 11.1 Å². The van der Waals surface area contributed by atoms with Gasteiger partial charge in [0.1, 0.15) is 5.82 Å². The molecule has 5 nitrogen and oxygen atoms in total. The van der Waals surface area contributed by atoms with Gasteiger partial charge in [0, 0.05) is 30.5 Å². The second-order valence-corrected chi connectivity index (χ2v) is 8.95. The largest absolute Gasteiger partial charge is 0.385 e. The number of hydrogen-bond acceptors (Lipinski definition) is 4. The number of benzene rings is 1. The van der Waals surface area contributed by atoms with Crippen LogP contribution < -0.4 is 16.0 Å². The SMILES string of the molecule is O=C(Nc1cc(-c2cccc(NCC3CCCCC3)c2)c(Cl)cn1)[C@H]1CCCNC1. The first-order valence-corrected chi connectivity index (χ1v) is 11.6. The maximum atomic E-state index is 12.6. The van der Waals surface area contributed by atoms with Gasteiger partial charge < -0.3 is 16.0 Å². The lowest BCUT2D eigenvalue weighted by Crippen LogP contribution is -2.37. The molecule has 2 aliphatic rings. The van der Waals surface area contributed by atoms with Crippen molar-refractivity contribution in [1.29, 1.82) is 0 Å². The molecule has 0 bridgehead atoms. The van der Waals surface area contributed by atoms with E-state index >= 15 is 0 Å². The molecule has 0 radical (unpaired) electrons. The Morgan fingerprint density at radius 2 is 2.00 bits per heavy atom. The van der Waals surface area contributed by atoms with Gasteiger partial charge in [-0.05, 0) is 61.9 Å².